The Bertz CT molecular complexity index is 168. The Balaban J connectivity index is 2.52. The van der Waals surface area contributed by atoms with Gasteiger partial charge in [0.15, 0.2) is 0 Å². The summed E-state index contributed by atoms with van der Waals surface area (Å²) in [5.74, 6) is 0.913. The summed E-state index contributed by atoms with van der Waals surface area (Å²) in [5.41, 5.74) is 0.595. The zero-order chi connectivity index (χ0) is 11.3. The molecular weight excluding hydrogens is 182 g/mol. The van der Waals surface area contributed by atoms with Crippen LogP contribution in [0.3, 0.4) is 0 Å². The van der Waals surface area contributed by atoms with Crippen molar-refractivity contribution in [2.75, 3.05) is 13.1 Å². The third-order valence-corrected chi connectivity index (χ3v) is 4.23. The highest BCUT2D eigenvalue weighted by Crippen LogP contribution is 2.43. The van der Waals surface area contributed by atoms with E-state index in [0.29, 0.717) is 5.54 Å². The van der Waals surface area contributed by atoms with Crippen LogP contribution >= 0.6 is 0 Å². The normalized spacial score (nSPS) is 21.4. The fourth-order valence-electron chi connectivity index (χ4n) is 3.37. The molecule has 0 N–H and O–H groups in total. The molecule has 1 unspecified atom stereocenters. The first-order chi connectivity index (χ1) is 7.18. The quantitative estimate of drug-likeness (QED) is 0.613. The second-order valence-electron chi connectivity index (χ2n) is 5.35. The van der Waals surface area contributed by atoms with Crippen molar-refractivity contribution < 1.29 is 0 Å². The highest BCUT2D eigenvalue weighted by Gasteiger charge is 2.41. The van der Waals surface area contributed by atoms with E-state index < -0.39 is 0 Å². The van der Waals surface area contributed by atoms with Crippen molar-refractivity contribution in [1.29, 1.82) is 0 Å². The zero-order valence-electron chi connectivity index (χ0n) is 11.2. The zero-order valence-corrected chi connectivity index (χ0v) is 11.2. The Labute approximate surface area is 96.2 Å². The van der Waals surface area contributed by atoms with E-state index in [0.717, 1.165) is 5.92 Å². The summed E-state index contributed by atoms with van der Waals surface area (Å²) in [6, 6.07) is 0. The highest BCUT2D eigenvalue weighted by atomic mass is 15.2. The van der Waals surface area contributed by atoms with Gasteiger partial charge in [-0.25, -0.2) is 0 Å². The molecule has 0 spiro atoms. The van der Waals surface area contributed by atoms with Gasteiger partial charge in [-0.15, -0.1) is 0 Å². The summed E-state index contributed by atoms with van der Waals surface area (Å²) in [6.07, 6.45) is 8.53. The maximum absolute atomic E-state index is 2.71. The van der Waals surface area contributed by atoms with Crippen LogP contribution in [-0.4, -0.2) is 23.5 Å². The van der Waals surface area contributed by atoms with Crippen molar-refractivity contribution in [3.63, 3.8) is 0 Å². The third kappa shape index (κ3) is 2.96. The predicted molar refractivity (Wildman–Crippen MR) is 68.2 cm³/mol. The molecule has 0 bridgehead atoms. The van der Waals surface area contributed by atoms with E-state index in [4.69, 9.17) is 0 Å². The van der Waals surface area contributed by atoms with Gasteiger partial charge in [0.2, 0.25) is 0 Å². The third-order valence-electron chi connectivity index (χ3n) is 4.23. The SMILES string of the molecule is CCCC(C)CC1(N(CC)CC)CCC1. The molecule has 1 aliphatic carbocycles. The first-order valence-corrected chi connectivity index (χ1v) is 6.93. The molecule has 1 heteroatoms. The first kappa shape index (κ1) is 13.0. The number of nitrogens with zero attached hydrogens (tertiary/aromatic N) is 1. The standard InChI is InChI=1S/C14H29N/c1-5-9-13(4)12-14(10-8-11-14)15(6-2)7-3/h13H,5-12H2,1-4H3. The summed E-state index contributed by atoms with van der Waals surface area (Å²) < 4.78 is 0. The fourth-order valence-corrected chi connectivity index (χ4v) is 3.37. The van der Waals surface area contributed by atoms with Crippen LogP contribution in [0.4, 0.5) is 0 Å². The molecule has 15 heavy (non-hydrogen) atoms. The van der Waals surface area contributed by atoms with Crippen molar-refractivity contribution >= 4 is 0 Å². The maximum atomic E-state index is 2.71. The van der Waals surface area contributed by atoms with Crippen LogP contribution in [0, 0.1) is 5.92 Å². The molecular formula is C14H29N. The second-order valence-corrected chi connectivity index (χ2v) is 5.35. The molecule has 1 aliphatic rings. The Morgan fingerprint density at radius 3 is 2.07 bits per heavy atom. The van der Waals surface area contributed by atoms with Crippen molar-refractivity contribution in [2.45, 2.75) is 71.8 Å². The van der Waals surface area contributed by atoms with Crippen LogP contribution < -0.4 is 0 Å². The van der Waals surface area contributed by atoms with Crippen LogP contribution in [0.25, 0.3) is 0 Å². The lowest BCUT2D eigenvalue weighted by molar-refractivity contribution is 0.00331. The van der Waals surface area contributed by atoms with Crippen molar-refractivity contribution in [3.8, 4) is 0 Å². The van der Waals surface area contributed by atoms with E-state index in [2.05, 4.69) is 32.6 Å². The van der Waals surface area contributed by atoms with Gasteiger partial charge in [0.25, 0.3) is 0 Å². The van der Waals surface area contributed by atoms with Gasteiger partial charge in [-0.3, -0.25) is 4.90 Å². The lowest BCUT2D eigenvalue weighted by atomic mass is 9.69. The van der Waals surface area contributed by atoms with Gasteiger partial charge in [0.1, 0.15) is 0 Å². The van der Waals surface area contributed by atoms with Gasteiger partial charge in [0.05, 0.1) is 0 Å². The molecule has 0 aromatic heterocycles. The minimum atomic E-state index is 0.595. The van der Waals surface area contributed by atoms with Gasteiger partial charge in [-0.05, 0) is 44.7 Å². The van der Waals surface area contributed by atoms with Gasteiger partial charge in [-0.1, -0.05) is 40.5 Å². The van der Waals surface area contributed by atoms with Crippen molar-refractivity contribution in [3.05, 3.63) is 0 Å². The number of rotatable bonds is 7. The topological polar surface area (TPSA) is 3.24 Å². The Morgan fingerprint density at radius 1 is 1.13 bits per heavy atom. The van der Waals surface area contributed by atoms with E-state index in [9.17, 15) is 0 Å². The van der Waals surface area contributed by atoms with Crippen LogP contribution in [0.5, 0.6) is 0 Å². The largest absolute Gasteiger partial charge is 0.298 e. The van der Waals surface area contributed by atoms with Crippen molar-refractivity contribution in [2.24, 2.45) is 5.92 Å². The van der Waals surface area contributed by atoms with E-state index >= 15 is 0 Å². The van der Waals surface area contributed by atoms with Gasteiger partial charge in [0, 0.05) is 5.54 Å². The average molecular weight is 211 g/mol. The average Bonchev–Trinajstić information content (AvgIpc) is 2.16. The first-order valence-electron chi connectivity index (χ1n) is 6.93. The minimum absolute atomic E-state index is 0.595. The molecule has 1 rings (SSSR count). The summed E-state index contributed by atoms with van der Waals surface area (Å²) in [6.45, 7) is 11.8. The van der Waals surface area contributed by atoms with E-state index in [-0.39, 0.29) is 0 Å². The molecule has 1 atom stereocenters. The summed E-state index contributed by atoms with van der Waals surface area (Å²) in [4.78, 5) is 2.71. The number of hydrogen-bond acceptors (Lipinski definition) is 1. The maximum Gasteiger partial charge on any atom is 0.0211 e. The lowest BCUT2D eigenvalue weighted by Gasteiger charge is -2.51. The summed E-state index contributed by atoms with van der Waals surface area (Å²) >= 11 is 0. The molecule has 1 saturated carbocycles. The molecule has 1 fully saturated rings. The van der Waals surface area contributed by atoms with Gasteiger partial charge in [-0.2, -0.15) is 0 Å². The molecule has 0 saturated heterocycles. The van der Waals surface area contributed by atoms with Crippen LogP contribution in [0.15, 0.2) is 0 Å². The molecule has 0 aliphatic heterocycles. The Hall–Kier alpha value is -0.0400. The molecule has 90 valence electrons. The fraction of sp³-hybridized carbons (Fsp3) is 1.00. The molecule has 0 amide bonds. The van der Waals surface area contributed by atoms with E-state index in [1.54, 1.807) is 0 Å². The summed E-state index contributed by atoms with van der Waals surface area (Å²) in [5, 5.41) is 0. The lowest BCUT2D eigenvalue weighted by Crippen LogP contribution is -2.54. The van der Waals surface area contributed by atoms with E-state index in [1.165, 1.54) is 51.6 Å². The van der Waals surface area contributed by atoms with Gasteiger partial charge >= 0.3 is 0 Å². The van der Waals surface area contributed by atoms with Crippen LogP contribution in [-0.2, 0) is 0 Å². The molecule has 0 radical (unpaired) electrons. The Kier molecular flexibility index (Phi) is 5.11. The molecule has 1 nitrogen and oxygen atoms in total. The van der Waals surface area contributed by atoms with Crippen LogP contribution in [0.2, 0.25) is 0 Å². The van der Waals surface area contributed by atoms with Crippen LogP contribution in [0.1, 0.15) is 66.2 Å². The number of hydrogen-bond donors (Lipinski definition) is 0. The Morgan fingerprint density at radius 2 is 1.73 bits per heavy atom. The van der Waals surface area contributed by atoms with Gasteiger partial charge < -0.3 is 0 Å². The smallest absolute Gasteiger partial charge is 0.0211 e. The monoisotopic (exact) mass is 211 g/mol. The molecule has 0 aromatic carbocycles. The highest BCUT2D eigenvalue weighted by molar-refractivity contribution is 4.98. The predicted octanol–water partition coefficient (Wildman–Crippen LogP) is 4.08. The summed E-state index contributed by atoms with van der Waals surface area (Å²) in [7, 11) is 0. The minimum Gasteiger partial charge on any atom is -0.298 e. The van der Waals surface area contributed by atoms with E-state index in [1.807, 2.05) is 0 Å². The molecule has 0 aromatic rings. The molecule has 0 heterocycles. The van der Waals surface area contributed by atoms with Crippen molar-refractivity contribution in [1.82, 2.24) is 4.90 Å². The second kappa shape index (κ2) is 5.89.